The van der Waals surface area contributed by atoms with Crippen molar-refractivity contribution in [3.8, 4) is 16.9 Å². The lowest BCUT2D eigenvalue weighted by Gasteiger charge is -2.09. The van der Waals surface area contributed by atoms with Gasteiger partial charge in [0.25, 0.3) is 0 Å². The molecule has 0 aliphatic rings. The first-order valence-corrected chi connectivity index (χ1v) is 9.40. The lowest BCUT2D eigenvalue weighted by molar-refractivity contribution is 0.304. The lowest BCUT2D eigenvalue weighted by atomic mass is 10.0. The van der Waals surface area contributed by atoms with Gasteiger partial charge in [0, 0.05) is 5.56 Å². The summed E-state index contributed by atoms with van der Waals surface area (Å²) < 4.78 is 46.4. The van der Waals surface area contributed by atoms with Crippen molar-refractivity contribution < 1.29 is 17.9 Å². The van der Waals surface area contributed by atoms with Gasteiger partial charge in [-0.1, -0.05) is 51.2 Å². The van der Waals surface area contributed by atoms with E-state index >= 15 is 0 Å². The van der Waals surface area contributed by atoms with Gasteiger partial charge in [-0.25, -0.2) is 13.2 Å². The fourth-order valence-electron chi connectivity index (χ4n) is 2.59. The van der Waals surface area contributed by atoms with Gasteiger partial charge in [-0.05, 0) is 46.1 Å². The summed E-state index contributed by atoms with van der Waals surface area (Å²) in [6.07, 6.45) is 7.11. The van der Waals surface area contributed by atoms with E-state index in [1.807, 2.05) is 0 Å². The Morgan fingerprint density at radius 3 is 2.20 bits per heavy atom. The molecular formula is C20H22BrF3O. The molecule has 0 saturated heterocycles. The van der Waals surface area contributed by atoms with Crippen molar-refractivity contribution in [1.82, 2.24) is 0 Å². The number of hydrogen-bond acceptors (Lipinski definition) is 1. The zero-order valence-corrected chi connectivity index (χ0v) is 15.8. The van der Waals surface area contributed by atoms with E-state index in [0.29, 0.717) is 17.9 Å². The molecule has 0 bridgehead atoms. The zero-order valence-electron chi connectivity index (χ0n) is 14.3. The summed E-state index contributed by atoms with van der Waals surface area (Å²) in [5.41, 5.74) is 0.287. The van der Waals surface area contributed by atoms with Crippen LogP contribution in [0.2, 0.25) is 0 Å². The number of ether oxygens (including phenoxy) is 1. The Morgan fingerprint density at radius 2 is 1.52 bits per heavy atom. The van der Waals surface area contributed by atoms with E-state index in [1.165, 1.54) is 25.7 Å². The van der Waals surface area contributed by atoms with Crippen molar-refractivity contribution in [2.45, 2.75) is 45.4 Å². The van der Waals surface area contributed by atoms with Crippen LogP contribution in [0.15, 0.2) is 34.8 Å². The van der Waals surface area contributed by atoms with E-state index in [-0.39, 0.29) is 5.56 Å². The fraction of sp³-hybridized carbons (Fsp3) is 0.400. The van der Waals surface area contributed by atoms with Crippen LogP contribution in [0.1, 0.15) is 45.4 Å². The van der Waals surface area contributed by atoms with E-state index < -0.39 is 21.9 Å². The second kappa shape index (κ2) is 9.85. The molecule has 2 aromatic rings. The molecule has 0 atom stereocenters. The highest BCUT2D eigenvalue weighted by Crippen LogP contribution is 2.32. The minimum Gasteiger partial charge on any atom is -0.494 e. The van der Waals surface area contributed by atoms with Gasteiger partial charge >= 0.3 is 0 Å². The van der Waals surface area contributed by atoms with Crippen LogP contribution in [0.5, 0.6) is 5.75 Å². The Kier molecular flexibility index (Phi) is 7.82. The first kappa shape index (κ1) is 19.8. The normalized spacial score (nSPS) is 10.9. The molecule has 1 nitrogen and oxygen atoms in total. The number of hydrogen-bond donors (Lipinski definition) is 0. The Hall–Kier alpha value is -1.49. The summed E-state index contributed by atoms with van der Waals surface area (Å²) >= 11 is 2.69. The third-order valence-electron chi connectivity index (χ3n) is 4.03. The van der Waals surface area contributed by atoms with Crippen LogP contribution in [0.25, 0.3) is 11.1 Å². The second-order valence-electron chi connectivity index (χ2n) is 5.99. The van der Waals surface area contributed by atoms with Crippen LogP contribution in [0.4, 0.5) is 13.2 Å². The van der Waals surface area contributed by atoms with E-state index in [9.17, 15) is 13.2 Å². The third kappa shape index (κ3) is 5.50. The number of unbranched alkanes of at least 4 members (excludes halogenated alkanes) is 5. The lowest BCUT2D eigenvalue weighted by Crippen LogP contribution is -1.98. The molecule has 0 saturated carbocycles. The van der Waals surface area contributed by atoms with Crippen LogP contribution >= 0.6 is 15.9 Å². The van der Waals surface area contributed by atoms with Crippen LogP contribution in [-0.2, 0) is 0 Å². The largest absolute Gasteiger partial charge is 0.494 e. The molecule has 0 aliphatic carbocycles. The molecule has 2 aromatic carbocycles. The zero-order chi connectivity index (χ0) is 18.2. The van der Waals surface area contributed by atoms with Gasteiger partial charge < -0.3 is 4.74 Å². The predicted molar refractivity (Wildman–Crippen MR) is 98.3 cm³/mol. The first-order chi connectivity index (χ1) is 12.0. The van der Waals surface area contributed by atoms with E-state index in [1.54, 1.807) is 24.3 Å². The number of halogens is 4. The maximum Gasteiger partial charge on any atom is 0.176 e. The van der Waals surface area contributed by atoms with Crippen molar-refractivity contribution in [2.24, 2.45) is 0 Å². The number of benzene rings is 2. The van der Waals surface area contributed by atoms with Crippen molar-refractivity contribution in [2.75, 3.05) is 6.61 Å². The van der Waals surface area contributed by atoms with Crippen LogP contribution in [0, 0.1) is 17.5 Å². The quantitative estimate of drug-likeness (QED) is 0.238. The highest BCUT2D eigenvalue weighted by Gasteiger charge is 2.18. The molecule has 0 spiro atoms. The first-order valence-electron chi connectivity index (χ1n) is 8.60. The summed E-state index contributed by atoms with van der Waals surface area (Å²) in [6.45, 7) is 2.82. The molecule has 25 heavy (non-hydrogen) atoms. The van der Waals surface area contributed by atoms with Crippen LogP contribution < -0.4 is 4.74 Å². The maximum atomic E-state index is 14.0. The molecule has 5 heteroatoms. The van der Waals surface area contributed by atoms with Gasteiger partial charge in [0.15, 0.2) is 11.6 Å². The fourth-order valence-corrected chi connectivity index (χ4v) is 2.87. The molecule has 0 heterocycles. The molecule has 2 rings (SSSR count). The summed E-state index contributed by atoms with van der Waals surface area (Å²) in [5, 5.41) is 0. The van der Waals surface area contributed by atoms with E-state index in [4.69, 9.17) is 4.74 Å². The molecule has 0 fully saturated rings. The van der Waals surface area contributed by atoms with Crippen molar-refractivity contribution in [3.05, 3.63) is 52.3 Å². The topological polar surface area (TPSA) is 9.23 Å². The Balaban J connectivity index is 1.92. The standard InChI is InChI=1S/C20H22BrF3O/c1-2-3-4-5-6-7-12-25-15-10-8-14(9-11-15)16-13-17(22)18(21)20(24)19(16)23/h8-11,13H,2-7,12H2,1H3. The predicted octanol–water partition coefficient (Wildman–Crippen LogP) is 7.27. The third-order valence-corrected chi connectivity index (χ3v) is 4.76. The highest BCUT2D eigenvalue weighted by atomic mass is 79.9. The molecule has 0 unspecified atom stereocenters. The van der Waals surface area contributed by atoms with Crippen molar-refractivity contribution in [1.29, 1.82) is 0 Å². The maximum absolute atomic E-state index is 14.0. The summed E-state index contributed by atoms with van der Waals surface area (Å²) in [7, 11) is 0. The second-order valence-corrected chi connectivity index (χ2v) is 6.78. The summed E-state index contributed by atoms with van der Waals surface area (Å²) in [6, 6.07) is 7.55. The Bertz CT molecular complexity index is 686. The molecule has 136 valence electrons. The minimum atomic E-state index is -1.22. The average Bonchev–Trinajstić information content (AvgIpc) is 2.63. The van der Waals surface area contributed by atoms with Gasteiger partial charge in [-0.15, -0.1) is 0 Å². The van der Waals surface area contributed by atoms with E-state index in [0.717, 1.165) is 18.9 Å². The molecule has 0 N–H and O–H groups in total. The average molecular weight is 415 g/mol. The minimum absolute atomic E-state index is 0.110. The van der Waals surface area contributed by atoms with Gasteiger partial charge in [-0.3, -0.25) is 0 Å². The summed E-state index contributed by atoms with van der Waals surface area (Å²) in [5.74, 6) is -2.47. The Labute approximate surface area is 155 Å². The Morgan fingerprint density at radius 1 is 0.880 bits per heavy atom. The van der Waals surface area contributed by atoms with Crippen molar-refractivity contribution in [3.63, 3.8) is 0 Å². The number of rotatable bonds is 9. The van der Waals surface area contributed by atoms with Crippen LogP contribution in [0.3, 0.4) is 0 Å². The molecular weight excluding hydrogens is 393 g/mol. The van der Waals surface area contributed by atoms with Crippen LogP contribution in [-0.4, -0.2) is 6.61 Å². The molecule has 0 amide bonds. The van der Waals surface area contributed by atoms with Gasteiger partial charge in [0.2, 0.25) is 0 Å². The smallest absolute Gasteiger partial charge is 0.176 e. The monoisotopic (exact) mass is 414 g/mol. The van der Waals surface area contributed by atoms with Gasteiger partial charge in [-0.2, -0.15) is 0 Å². The van der Waals surface area contributed by atoms with Gasteiger partial charge in [0.05, 0.1) is 11.1 Å². The van der Waals surface area contributed by atoms with E-state index in [2.05, 4.69) is 22.9 Å². The summed E-state index contributed by atoms with van der Waals surface area (Å²) in [4.78, 5) is 0. The van der Waals surface area contributed by atoms with Crippen molar-refractivity contribution >= 4 is 15.9 Å². The van der Waals surface area contributed by atoms with Gasteiger partial charge in [0.1, 0.15) is 11.6 Å². The molecule has 0 aromatic heterocycles. The SMILES string of the molecule is CCCCCCCCOc1ccc(-c2cc(F)c(Br)c(F)c2F)cc1. The molecule has 0 radical (unpaired) electrons. The molecule has 0 aliphatic heterocycles. The highest BCUT2D eigenvalue weighted by molar-refractivity contribution is 9.10.